The van der Waals surface area contributed by atoms with Crippen molar-refractivity contribution >= 4 is 23.4 Å². The van der Waals surface area contributed by atoms with E-state index in [0.29, 0.717) is 11.6 Å². The molecule has 0 atom stereocenters. The molecule has 0 radical (unpaired) electrons. The van der Waals surface area contributed by atoms with Crippen LogP contribution in [-0.2, 0) is 6.54 Å². The van der Waals surface area contributed by atoms with Crippen LogP contribution in [0.15, 0.2) is 41.4 Å². The zero-order chi connectivity index (χ0) is 16.1. The number of nitrogens with one attached hydrogen (secondary N) is 1. The molecule has 2 aromatic rings. The van der Waals surface area contributed by atoms with E-state index in [0.717, 1.165) is 17.1 Å². The van der Waals surface area contributed by atoms with Crippen molar-refractivity contribution in [3.05, 3.63) is 42.2 Å². The predicted octanol–water partition coefficient (Wildman–Crippen LogP) is 4.44. The summed E-state index contributed by atoms with van der Waals surface area (Å²) in [5.74, 6) is 0.562. The first-order valence-corrected chi connectivity index (χ1v) is 9.46. The lowest BCUT2D eigenvalue weighted by Gasteiger charge is -2.22. The summed E-state index contributed by atoms with van der Waals surface area (Å²) in [5, 5.41) is 7.34. The second kappa shape index (κ2) is 7.68. The number of hydrogen-bond acceptors (Lipinski definition) is 3. The van der Waals surface area contributed by atoms with Crippen LogP contribution in [0.3, 0.4) is 0 Å². The molecule has 1 fully saturated rings. The van der Waals surface area contributed by atoms with Gasteiger partial charge in [-0.05, 0) is 49.3 Å². The Balaban J connectivity index is 1.68. The highest BCUT2D eigenvalue weighted by Gasteiger charge is 2.18. The summed E-state index contributed by atoms with van der Waals surface area (Å²) in [6.45, 7) is 0.848. The van der Waals surface area contributed by atoms with E-state index in [9.17, 15) is 4.79 Å². The van der Waals surface area contributed by atoms with Crippen LogP contribution in [0.2, 0.25) is 0 Å². The van der Waals surface area contributed by atoms with Gasteiger partial charge >= 0.3 is 0 Å². The lowest BCUT2D eigenvalue weighted by molar-refractivity contribution is 0.101. The second-order valence-electron chi connectivity index (χ2n) is 6.09. The summed E-state index contributed by atoms with van der Waals surface area (Å²) in [4.78, 5) is 13.7. The van der Waals surface area contributed by atoms with E-state index in [2.05, 4.69) is 10.4 Å². The fourth-order valence-corrected chi connectivity index (χ4v) is 3.64. The molecule has 1 aliphatic rings. The smallest absolute Gasteiger partial charge is 0.273 e. The number of hydrogen-bond donors (Lipinski definition) is 1. The minimum Gasteiger partial charge on any atom is -0.321 e. The Labute approximate surface area is 141 Å². The van der Waals surface area contributed by atoms with Crippen molar-refractivity contribution in [2.24, 2.45) is 5.92 Å². The van der Waals surface area contributed by atoms with Gasteiger partial charge in [-0.15, -0.1) is 11.8 Å². The summed E-state index contributed by atoms with van der Waals surface area (Å²) >= 11 is 1.67. The average Bonchev–Trinajstić information content (AvgIpc) is 3.04. The van der Waals surface area contributed by atoms with Gasteiger partial charge in [-0.1, -0.05) is 25.3 Å². The summed E-state index contributed by atoms with van der Waals surface area (Å²) in [6.07, 6.45) is 10.2. The molecular weight excluding hydrogens is 306 g/mol. The van der Waals surface area contributed by atoms with Crippen LogP contribution in [0, 0.1) is 5.92 Å². The molecule has 1 N–H and O–H groups in total. The van der Waals surface area contributed by atoms with Gasteiger partial charge in [-0.3, -0.25) is 9.48 Å². The minimum absolute atomic E-state index is 0.0865. The Morgan fingerprint density at radius 1 is 1.30 bits per heavy atom. The molecule has 1 amide bonds. The molecule has 1 heterocycles. The van der Waals surface area contributed by atoms with Gasteiger partial charge in [0.25, 0.3) is 5.91 Å². The van der Waals surface area contributed by atoms with E-state index in [1.54, 1.807) is 24.0 Å². The van der Waals surface area contributed by atoms with Crippen molar-refractivity contribution < 1.29 is 4.79 Å². The Kier molecular flexibility index (Phi) is 5.39. The first-order valence-electron chi connectivity index (χ1n) is 8.23. The van der Waals surface area contributed by atoms with Crippen LogP contribution in [0.5, 0.6) is 0 Å². The second-order valence-corrected chi connectivity index (χ2v) is 6.97. The third-order valence-corrected chi connectivity index (χ3v) is 5.16. The van der Waals surface area contributed by atoms with Crippen LogP contribution in [-0.4, -0.2) is 21.9 Å². The van der Waals surface area contributed by atoms with Crippen molar-refractivity contribution in [2.45, 2.75) is 43.5 Å². The minimum atomic E-state index is -0.0865. The van der Waals surface area contributed by atoms with E-state index < -0.39 is 0 Å². The van der Waals surface area contributed by atoms with Gasteiger partial charge in [0, 0.05) is 23.3 Å². The number of aromatic nitrogens is 2. The molecule has 0 saturated heterocycles. The monoisotopic (exact) mass is 329 g/mol. The van der Waals surface area contributed by atoms with Crippen LogP contribution in [0.1, 0.15) is 42.6 Å². The summed E-state index contributed by atoms with van der Waals surface area (Å²) in [6, 6.07) is 9.70. The molecule has 122 valence electrons. The van der Waals surface area contributed by atoms with Gasteiger partial charge in [0.1, 0.15) is 5.69 Å². The lowest BCUT2D eigenvalue weighted by atomic mass is 9.89. The van der Waals surface area contributed by atoms with Crippen molar-refractivity contribution in [2.75, 3.05) is 11.6 Å². The van der Waals surface area contributed by atoms with Crippen LogP contribution < -0.4 is 5.32 Å². The molecule has 1 aromatic heterocycles. The third-order valence-electron chi connectivity index (χ3n) is 4.43. The summed E-state index contributed by atoms with van der Waals surface area (Å²) in [7, 11) is 0. The first-order chi connectivity index (χ1) is 11.3. The van der Waals surface area contributed by atoms with Crippen LogP contribution in [0.25, 0.3) is 0 Å². The number of anilines is 1. The molecule has 5 heteroatoms. The molecule has 0 aliphatic heterocycles. The molecule has 3 rings (SSSR count). The van der Waals surface area contributed by atoms with E-state index in [4.69, 9.17) is 0 Å². The highest BCUT2D eigenvalue weighted by Crippen LogP contribution is 2.25. The van der Waals surface area contributed by atoms with Gasteiger partial charge in [-0.2, -0.15) is 5.10 Å². The highest BCUT2D eigenvalue weighted by atomic mass is 32.2. The van der Waals surface area contributed by atoms with Gasteiger partial charge in [0.15, 0.2) is 0 Å². The Morgan fingerprint density at radius 2 is 2.13 bits per heavy atom. The average molecular weight is 329 g/mol. The van der Waals surface area contributed by atoms with Crippen molar-refractivity contribution in [3.63, 3.8) is 0 Å². The maximum atomic E-state index is 12.6. The number of benzene rings is 1. The predicted molar refractivity (Wildman–Crippen MR) is 95.0 cm³/mol. The van der Waals surface area contributed by atoms with Crippen molar-refractivity contribution in [3.8, 4) is 0 Å². The number of nitrogens with zero attached hydrogens (tertiary/aromatic N) is 2. The van der Waals surface area contributed by atoms with Gasteiger partial charge in [0.05, 0.1) is 0 Å². The third kappa shape index (κ3) is 4.16. The Bertz CT molecular complexity index is 662. The molecule has 0 spiro atoms. The fraction of sp³-hybridized carbons (Fsp3) is 0.444. The van der Waals surface area contributed by atoms with Gasteiger partial charge in [-0.25, -0.2) is 0 Å². The first kappa shape index (κ1) is 16.1. The summed E-state index contributed by atoms with van der Waals surface area (Å²) < 4.78 is 1.86. The fourth-order valence-electron chi connectivity index (χ4n) is 3.18. The zero-order valence-corrected chi connectivity index (χ0v) is 14.3. The SMILES string of the molecule is CSc1cccc(NC(=O)c2ccnn2CC2CCCCC2)c1. The molecule has 4 nitrogen and oxygen atoms in total. The molecule has 1 saturated carbocycles. The lowest BCUT2D eigenvalue weighted by Crippen LogP contribution is -2.22. The Morgan fingerprint density at radius 3 is 2.91 bits per heavy atom. The molecule has 1 aliphatic carbocycles. The van der Waals surface area contributed by atoms with E-state index in [1.807, 2.05) is 35.2 Å². The van der Waals surface area contributed by atoms with Crippen molar-refractivity contribution in [1.29, 1.82) is 0 Å². The number of amides is 1. The molecule has 0 bridgehead atoms. The molecule has 1 aromatic carbocycles. The van der Waals surface area contributed by atoms with Crippen LogP contribution in [0.4, 0.5) is 5.69 Å². The van der Waals surface area contributed by atoms with E-state index in [-0.39, 0.29) is 5.91 Å². The number of carbonyl (C=O) groups excluding carboxylic acids is 1. The zero-order valence-electron chi connectivity index (χ0n) is 13.5. The number of carbonyl (C=O) groups is 1. The quantitative estimate of drug-likeness (QED) is 0.825. The summed E-state index contributed by atoms with van der Waals surface area (Å²) in [5.41, 5.74) is 1.47. The van der Waals surface area contributed by atoms with Crippen LogP contribution >= 0.6 is 11.8 Å². The van der Waals surface area contributed by atoms with Gasteiger partial charge in [0.2, 0.25) is 0 Å². The standard InChI is InChI=1S/C18H23N3OS/c1-23-16-9-5-8-15(12-16)20-18(22)17-10-11-19-21(17)13-14-6-3-2-4-7-14/h5,8-12,14H,2-4,6-7,13H2,1H3,(H,20,22). The molecular formula is C18H23N3OS. The normalized spacial score (nSPS) is 15.5. The van der Waals surface area contributed by atoms with Crippen molar-refractivity contribution in [1.82, 2.24) is 9.78 Å². The maximum absolute atomic E-state index is 12.6. The highest BCUT2D eigenvalue weighted by molar-refractivity contribution is 7.98. The van der Waals surface area contributed by atoms with E-state index in [1.165, 1.54) is 32.1 Å². The molecule has 23 heavy (non-hydrogen) atoms. The van der Waals surface area contributed by atoms with E-state index >= 15 is 0 Å². The topological polar surface area (TPSA) is 46.9 Å². The van der Waals surface area contributed by atoms with Gasteiger partial charge < -0.3 is 5.32 Å². The number of thioether (sulfide) groups is 1. The Hall–Kier alpha value is -1.75. The maximum Gasteiger partial charge on any atom is 0.273 e. The largest absolute Gasteiger partial charge is 0.321 e. The molecule has 0 unspecified atom stereocenters. The number of rotatable bonds is 5.